The molecule has 0 atom stereocenters. The second-order valence-electron chi connectivity index (χ2n) is 3.70. The summed E-state index contributed by atoms with van der Waals surface area (Å²) >= 11 is 0. The van der Waals surface area contributed by atoms with Crippen molar-refractivity contribution in [1.29, 1.82) is 0 Å². The molecule has 0 unspecified atom stereocenters. The van der Waals surface area contributed by atoms with Crippen LogP contribution in [0, 0.1) is 17.5 Å². The Bertz CT molecular complexity index is 483. The lowest BCUT2D eigenvalue weighted by Crippen LogP contribution is -2.27. The summed E-state index contributed by atoms with van der Waals surface area (Å²) in [6.07, 6.45) is 0.539. The number of carbonyl (C=O) groups is 1. The molecule has 1 rings (SSSR count). The molecule has 0 radical (unpaired) electrons. The molecular formula is C11H12F3N3O2. The van der Waals surface area contributed by atoms with Crippen molar-refractivity contribution in [2.75, 3.05) is 6.54 Å². The van der Waals surface area contributed by atoms with Gasteiger partial charge in [0.1, 0.15) is 28.9 Å². The Morgan fingerprint density at radius 2 is 1.89 bits per heavy atom. The first-order valence-electron chi connectivity index (χ1n) is 5.35. The molecule has 0 aliphatic carbocycles. The van der Waals surface area contributed by atoms with Crippen LogP contribution >= 0.6 is 0 Å². The third-order valence-electron chi connectivity index (χ3n) is 2.26. The van der Waals surface area contributed by atoms with Gasteiger partial charge >= 0.3 is 0 Å². The molecule has 0 saturated heterocycles. The van der Waals surface area contributed by atoms with Crippen LogP contribution in [-0.4, -0.2) is 23.5 Å². The fourth-order valence-electron chi connectivity index (χ4n) is 1.37. The van der Waals surface area contributed by atoms with Gasteiger partial charge in [-0.1, -0.05) is 5.16 Å². The monoisotopic (exact) mass is 275 g/mol. The van der Waals surface area contributed by atoms with Gasteiger partial charge in [-0.3, -0.25) is 4.79 Å². The average Bonchev–Trinajstić information content (AvgIpc) is 2.33. The van der Waals surface area contributed by atoms with Crippen molar-refractivity contribution in [2.24, 2.45) is 10.9 Å². The van der Waals surface area contributed by atoms with Gasteiger partial charge in [0, 0.05) is 25.1 Å². The Morgan fingerprint density at radius 3 is 2.42 bits per heavy atom. The predicted molar refractivity (Wildman–Crippen MR) is 61.3 cm³/mol. The third kappa shape index (κ3) is 4.16. The standard InChI is InChI=1S/C11H12F3N3O2/c12-6-4-7(13)10(8(14)5-6)11(18)16-3-1-2-9(15)17-19/h4-5,19H,1-3H2,(H2,15,17)(H,16,18). The number of amides is 1. The zero-order valence-corrected chi connectivity index (χ0v) is 9.79. The summed E-state index contributed by atoms with van der Waals surface area (Å²) in [5.74, 6) is -4.65. The van der Waals surface area contributed by atoms with Crippen LogP contribution in [0.4, 0.5) is 13.2 Å². The molecule has 1 aromatic carbocycles. The lowest BCUT2D eigenvalue weighted by molar-refractivity contribution is 0.0945. The van der Waals surface area contributed by atoms with Gasteiger partial charge in [-0.15, -0.1) is 0 Å². The third-order valence-corrected chi connectivity index (χ3v) is 2.26. The Balaban J connectivity index is 2.60. The number of rotatable bonds is 5. The van der Waals surface area contributed by atoms with Crippen molar-refractivity contribution < 1.29 is 23.2 Å². The highest BCUT2D eigenvalue weighted by Crippen LogP contribution is 2.14. The Kier molecular flexibility index (Phi) is 5.16. The van der Waals surface area contributed by atoms with E-state index in [1.807, 2.05) is 0 Å². The highest BCUT2D eigenvalue weighted by molar-refractivity contribution is 5.94. The summed E-state index contributed by atoms with van der Waals surface area (Å²) in [7, 11) is 0. The minimum absolute atomic E-state index is 0.0200. The van der Waals surface area contributed by atoms with Crippen molar-refractivity contribution in [1.82, 2.24) is 5.32 Å². The van der Waals surface area contributed by atoms with E-state index >= 15 is 0 Å². The molecule has 1 amide bonds. The molecule has 19 heavy (non-hydrogen) atoms. The van der Waals surface area contributed by atoms with Crippen LogP contribution in [-0.2, 0) is 0 Å². The van der Waals surface area contributed by atoms with Gasteiger partial charge in [0.05, 0.1) is 0 Å². The molecule has 0 saturated carbocycles. The minimum Gasteiger partial charge on any atom is -0.409 e. The number of carbonyl (C=O) groups excluding carboxylic acids is 1. The van der Waals surface area contributed by atoms with E-state index in [4.69, 9.17) is 10.9 Å². The average molecular weight is 275 g/mol. The molecule has 8 heteroatoms. The van der Waals surface area contributed by atoms with Crippen LogP contribution in [0.3, 0.4) is 0 Å². The molecule has 4 N–H and O–H groups in total. The topological polar surface area (TPSA) is 87.7 Å². The van der Waals surface area contributed by atoms with Gasteiger partial charge in [-0.05, 0) is 6.42 Å². The molecule has 104 valence electrons. The van der Waals surface area contributed by atoms with E-state index < -0.39 is 28.9 Å². The largest absolute Gasteiger partial charge is 0.409 e. The van der Waals surface area contributed by atoms with Crippen molar-refractivity contribution in [3.05, 3.63) is 35.1 Å². The van der Waals surface area contributed by atoms with Crippen LogP contribution in [0.5, 0.6) is 0 Å². The normalized spacial score (nSPS) is 11.4. The molecule has 0 fully saturated rings. The van der Waals surface area contributed by atoms with Crippen molar-refractivity contribution >= 4 is 11.7 Å². The van der Waals surface area contributed by atoms with Gasteiger partial charge in [-0.2, -0.15) is 0 Å². The molecule has 0 aliphatic rings. The smallest absolute Gasteiger partial charge is 0.257 e. The molecule has 0 heterocycles. The molecule has 1 aromatic rings. The quantitative estimate of drug-likeness (QED) is 0.249. The lowest BCUT2D eigenvalue weighted by atomic mass is 10.1. The van der Waals surface area contributed by atoms with Gasteiger partial charge < -0.3 is 16.3 Å². The Labute approximate surface area is 106 Å². The molecular weight excluding hydrogens is 263 g/mol. The number of benzene rings is 1. The number of halogens is 3. The Hall–Kier alpha value is -2.25. The maximum atomic E-state index is 13.2. The van der Waals surface area contributed by atoms with Gasteiger partial charge in [0.25, 0.3) is 5.91 Å². The van der Waals surface area contributed by atoms with E-state index in [9.17, 15) is 18.0 Å². The number of oxime groups is 1. The predicted octanol–water partition coefficient (Wildman–Crippen LogP) is 1.36. The van der Waals surface area contributed by atoms with Crippen LogP contribution in [0.1, 0.15) is 23.2 Å². The summed E-state index contributed by atoms with van der Waals surface area (Å²) < 4.78 is 39.1. The second-order valence-corrected chi connectivity index (χ2v) is 3.70. The van der Waals surface area contributed by atoms with Crippen molar-refractivity contribution in [3.8, 4) is 0 Å². The zero-order valence-electron chi connectivity index (χ0n) is 9.79. The number of hydrogen-bond donors (Lipinski definition) is 3. The number of hydrogen-bond acceptors (Lipinski definition) is 3. The fourth-order valence-corrected chi connectivity index (χ4v) is 1.37. The lowest BCUT2D eigenvalue weighted by Gasteiger charge is -2.07. The van der Waals surface area contributed by atoms with Crippen LogP contribution in [0.15, 0.2) is 17.3 Å². The number of nitrogens with two attached hydrogens (primary N) is 1. The van der Waals surface area contributed by atoms with Crippen LogP contribution in [0.25, 0.3) is 0 Å². The first-order valence-corrected chi connectivity index (χ1v) is 5.35. The van der Waals surface area contributed by atoms with E-state index in [1.165, 1.54) is 0 Å². The summed E-state index contributed by atoms with van der Waals surface area (Å²) in [6.45, 7) is 0.0747. The van der Waals surface area contributed by atoms with Gasteiger partial charge in [0.2, 0.25) is 0 Å². The molecule has 0 spiro atoms. The fraction of sp³-hybridized carbons (Fsp3) is 0.273. The minimum atomic E-state index is -1.27. The highest BCUT2D eigenvalue weighted by Gasteiger charge is 2.18. The first-order chi connectivity index (χ1) is 8.95. The number of amidine groups is 1. The molecule has 0 aliphatic heterocycles. The summed E-state index contributed by atoms with van der Waals surface area (Å²) in [6, 6.07) is 0.850. The van der Waals surface area contributed by atoms with Gasteiger partial charge in [0.15, 0.2) is 0 Å². The highest BCUT2D eigenvalue weighted by atomic mass is 19.1. The summed E-state index contributed by atoms with van der Waals surface area (Å²) in [5.41, 5.74) is 4.35. The molecule has 0 bridgehead atoms. The summed E-state index contributed by atoms with van der Waals surface area (Å²) in [5, 5.41) is 13.2. The first kappa shape index (κ1) is 14.8. The van der Waals surface area contributed by atoms with Gasteiger partial charge in [-0.25, -0.2) is 13.2 Å². The SMILES string of the molecule is NC(CCCNC(=O)c1c(F)cc(F)cc1F)=NO. The van der Waals surface area contributed by atoms with E-state index in [1.54, 1.807) is 0 Å². The number of nitrogens with zero attached hydrogens (tertiary/aromatic N) is 1. The zero-order chi connectivity index (χ0) is 14.4. The van der Waals surface area contributed by atoms with E-state index in [2.05, 4.69) is 10.5 Å². The molecule has 0 aromatic heterocycles. The maximum Gasteiger partial charge on any atom is 0.257 e. The van der Waals surface area contributed by atoms with Crippen molar-refractivity contribution in [3.63, 3.8) is 0 Å². The summed E-state index contributed by atoms with van der Waals surface area (Å²) in [4.78, 5) is 11.5. The van der Waals surface area contributed by atoms with Crippen molar-refractivity contribution in [2.45, 2.75) is 12.8 Å². The van der Waals surface area contributed by atoms with Crippen LogP contribution < -0.4 is 11.1 Å². The maximum absolute atomic E-state index is 13.2. The Morgan fingerprint density at radius 1 is 1.32 bits per heavy atom. The van der Waals surface area contributed by atoms with E-state index in [0.717, 1.165) is 0 Å². The molecule has 5 nitrogen and oxygen atoms in total. The van der Waals surface area contributed by atoms with E-state index in [0.29, 0.717) is 18.6 Å². The number of nitrogens with one attached hydrogen (secondary N) is 1. The van der Waals surface area contributed by atoms with Crippen LogP contribution in [0.2, 0.25) is 0 Å². The second kappa shape index (κ2) is 6.62. The van der Waals surface area contributed by atoms with E-state index in [-0.39, 0.29) is 18.8 Å².